The van der Waals surface area contributed by atoms with Crippen molar-refractivity contribution in [3.05, 3.63) is 11.1 Å². The van der Waals surface area contributed by atoms with Crippen LogP contribution in [-0.4, -0.2) is 29.2 Å². The fourth-order valence-corrected chi connectivity index (χ4v) is 1.47. The Morgan fingerprint density at radius 2 is 2.40 bits per heavy atom. The highest BCUT2D eigenvalue weighted by atomic mass is 35.5. The highest BCUT2D eigenvalue weighted by Crippen LogP contribution is 2.33. The Labute approximate surface area is 62.2 Å². The van der Waals surface area contributed by atoms with Crippen LogP contribution in [0, 0.1) is 0 Å². The lowest BCUT2D eigenvalue weighted by Gasteiger charge is -2.06. The Morgan fingerprint density at radius 3 is 2.80 bits per heavy atom. The minimum atomic E-state index is -0.993. The second-order valence-corrected chi connectivity index (χ2v) is 2.82. The number of hydrogen-bond acceptors (Lipinski definition) is 3. The standard InChI is InChI=1S/C6H5ClO3/c7-2-1-3-4(8)5(9)6(2)10-3/h1,3-4,6,8H/t3-,4-,6+/m0/s1. The van der Waals surface area contributed by atoms with Crippen LogP contribution in [0.5, 0.6) is 0 Å². The summed E-state index contributed by atoms with van der Waals surface area (Å²) in [4.78, 5) is 10.9. The van der Waals surface area contributed by atoms with Crippen molar-refractivity contribution < 1.29 is 14.6 Å². The lowest BCUT2D eigenvalue weighted by atomic mass is 10.0. The van der Waals surface area contributed by atoms with Crippen LogP contribution in [0.3, 0.4) is 0 Å². The third-order valence-electron chi connectivity index (χ3n) is 1.73. The van der Waals surface area contributed by atoms with Crippen molar-refractivity contribution in [2.24, 2.45) is 0 Å². The van der Waals surface area contributed by atoms with Gasteiger partial charge in [0.2, 0.25) is 0 Å². The third-order valence-corrected chi connectivity index (χ3v) is 2.05. The highest BCUT2D eigenvalue weighted by Gasteiger charge is 2.47. The van der Waals surface area contributed by atoms with E-state index in [2.05, 4.69) is 0 Å². The van der Waals surface area contributed by atoms with E-state index in [-0.39, 0.29) is 5.78 Å². The molecule has 0 aromatic carbocycles. The quantitative estimate of drug-likeness (QED) is 0.535. The lowest BCUT2D eigenvalue weighted by molar-refractivity contribution is -0.125. The van der Waals surface area contributed by atoms with E-state index in [1.807, 2.05) is 0 Å². The van der Waals surface area contributed by atoms with Gasteiger partial charge in [0.15, 0.2) is 11.9 Å². The molecule has 0 radical (unpaired) electrons. The summed E-state index contributed by atoms with van der Waals surface area (Å²) in [5, 5.41) is 9.43. The molecule has 2 aliphatic heterocycles. The molecule has 4 heteroatoms. The van der Waals surface area contributed by atoms with Crippen molar-refractivity contribution in [2.45, 2.75) is 18.3 Å². The summed E-state index contributed by atoms with van der Waals surface area (Å²) in [6, 6.07) is 0. The summed E-state index contributed by atoms with van der Waals surface area (Å²) in [6.07, 6.45) is -0.600. The van der Waals surface area contributed by atoms with Gasteiger partial charge in [-0.05, 0) is 6.08 Å². The minimum Gasteiger partial charge on any atom is -0.382 e. The van der Waals surface area contributed by atoms with Gasteiger partial charge in [-0.3, -0.25) is 4.79 Å². The first-order valence-electron chi connectivity index (χ1n) is 2.94. The second-order valence-electron chi connectivity index (χ2n) is 2.38. The normalized spacial score (nSPS) is 44.4. The molecule has 0 unspecified atom stereocenters. The van der Waals surface area contributed by atoms with Gasteiger partial charge >= 0.3 is 0 Å². The van der Waals surface area contributed by atoms with E-state index in [1.165, 1.54) is 0 Å². The molecule has 2 rings (SSSR count). The lowest BCUT2D eigenvalue weighted by Crippen LogP contribution is -2.30. The van der Waals surface area contributed by atoms with Crippen LogP contribution in [0.15, 0.2) is 11.1 Å². The molecule has 2 aliphatic rings. The van der Waals surface area contributed by atoms with E-state index in [4.69, 9.17) is 21.4 Å². The molecule has 3 nitrogen and oxygen atoms in total. The van der Waals surface area contributed by atoms with Crippen molar-refractivity contribution >= 4 is 17.4 Å². The van der Waals surface area contributed by atoms with Crippen LogP contribution in [0.4, 0.5) is 0 Å². The van der Waals surface area contributed by atoms with Gasteiger partial charge in [0.1, 0.15) is 12.2 Å². The molecule has 3 atom stereocenters. The average molecular weight is 161 g/mol. The zero-order valence-corrected chi connectivity index (χ0v) is 5.71. The molecule has 0 aromatic heterocycles. The first-order valence-corrected chi connectivity index (χ1v) is 3.32. The zero-order valence-electron chi connectivity index (χ0n) is 4.95. The highest BCUT2D eigenvalue weighted by molar-refractivity contribution is 6.33. The maximum Gasteiger partial charge on any atom is 0.198 e. The minimum absolute atomic E-state index is 0.322. The van der Waals surface area contributed by atoms with E-state index >= 15 is 0 Å². The summed E-state index contributed by atoms with van der Waals surface area (Å²) in [6.45, 7) is 0. The number of rotatable bonds is 0. The Morgan fingerprint density at radius 1 is 1.70 bits per heavy atom. The van der Waals surface area contributed by atoms with Gasteiger partial charge in [0.25, 0.3) is 0 Å². The van der Waals surface area contributed by atoms with Crippen LogP contribution in [0.1, 0.15) is 0 Å². The Kier molecular flexibility index (Phi) is 1.15. The summed E-state index contributed by atoms with van der Waals surface area (Å²) < 4.78 is 4.98. The molecular weight excluding hydrogens is 156 g/mol. The zero-order chi connectivity index (χ0) is 7.30. The Bertz CT molecular complexity index is 223. The number of aliphatic hydroxyl groups excluding tert-OH is 1. The SMILES string of the molecule is O=C1[C@@H]2O[C@@H](C=C2Cl)[C@@H]1O. The average Bonchev–Trinajstić information content (AvgIpc) is 2.36. The predicted octanol–water partition coefficient (Wildman–Crippen LogP) is -0.180. The topological polar surface area (TPSA) is 46.5 Å². The molecule has 54 valence electrons. The maximum atomic E-state index is 10.9. The molecule has 1 fully saturated rings. The molecule has 10 heavy (non-hydrogen) atoms. The summed E-state index contributed by atoms with van der Waals surface area (Å²) in [5.41, 5.74) is 0. The smallest absolute Gasteiger partial charge is 0.198 e. The Balaban J connectivity index is 2.38. The molecule has 1 N–H and O–H groups in total. The number of carbonyl (C=O) groups excluding carboxylic acids is 1. The first kappa shape index (κ1) is 6.34. The van der Waals surface area contributed by atoms with Crippen LogP contribution >= 0.6 is 11.6 Å². The molecule has 0 spiro atoms. The van der Waals surface area contributed by atoms with Crippen LogP contribution in [0.25, 0.3) is 0 Å². The van der Waals surface area contributed by atoms with Crippen molar-refractivity contribution in [1.29, 1.82) is 0 Å². The third kappa shape index (κ3) is 0.599. The molecule has 2 bridgehead atoms. The van der Waals surface area contributed by atoms with E-state index in [0.717, 1.165) is 0 Å². The molecule has 0 aliphatic carbocycles. The van der Waals surface area contributed by atoms with E-state index in [9.17, 15) is 4.79 Å². The van der Waals surface area contributed by atoms with E-state index < -0.39 is 18.3 Å². The van der Waals surface area contributed by atoms with Gasteiger partial charge < -0.3 is 9.84 Å². The van der Waals surface area contributed by atoms with Crippen LogP contribution < -0.4 is 0 Å². The fourth-order valence-electron chi connectivity index (χ4n) is 1.19. The van der Waals surface area contributed by atoms with E-state index in [0.29, 0.717) is 5.03 Å². The van der Waals surface area contributed by atoms with E-state index in [1.54, 1.807) is 6.08 Å². The maximum absolute atomic E-state index is 10.9. The summed E-state index contributed by atoms with van der Waals surface area (Å²) in [5.74, 6) is -0.322. The number of fused-ring (bicyclic) bond motifs is 2. The van der Waals surface area contributed by atoms with Gasteiger partial charge in [-0.15, -0.1) is 0 Å². The van der Waals surface area contributed by atoms with Gasteiger partial charge in [-0.2, -0.15) is 0 Å². The largest absolute Gasteiger partial charge is 0.382 e. The van der Waals surface area contributed by atoms with Crippen LogP contribution in [0.2, 0.25) is 0 Å². The van der Waals surface area contributed by atoms with Gasteiger partial charge in [0, 0.05) is 0 Å². The number of ether oxygens (including phenoxy) is 1. The Hall–Kier alpha value is -0.380. The van der Waals surface area contributed by atoms with Crippen molar-refractivity contribution in [3.63, 3.8) is 0 Å². The number of aliphatic hydroxyl groups is 1. The van der Waals surface area contributed by atoms with Gasteiger partial charge in [-0.25, -0.2) is 0 Å². The number of halogens is 1. The fraction of sp³-hybridized carbons (Fsp3) is 0.500. The van der Waals surface area contributed by atoms with Gasteiger partial charge in [-0.1, -0.05) is 11.6 Å². The molecular formula is C6H5ClO3. The monoisotopic (exact) mass is 160 g/mol. The van der Waals surface area contributed by atoms with Crippen LogP contribution in [-0.2, 0) is 9.53 Å². The molecule has 0 saturated carbocycles. The number of hydrogen-bond donors (Lipinski definition) is 1. The first-order chi connectivity index (χ1) is 4.70. The number of Topliss-reactive ketones (excluding diaryl/α,β-unsaturated/α-hetero) is 1. The van der Waals surface area contributed by atoms with Crippen molar-refractivity contribution in [3.8, 4) is 0 Å². The predicted molar refractivity (Wildman–Crippen MR) is 33.6 cm³/mol. The van der Waals surface area contributed by atoms with Gasteiger partial charge in [0.05, 0.1) is 5.03 Å². The number of ketones is 1. The molecule has 2 heterocycles. The molecule has 0 aromatic rings. The second kappa shape index (κ2) is 1.81. The van der Waals surface area contributed by atoms with Crippen molar-refractivity contribution in [1.82, 2.24) is 0 Å². The number of carbonyl (C=O) groups is 1. The molecule has 1 saturated heterocycles. The van der Waals surface area contributed by atoms with Crippen molar-refractivity contribution in [2.75, 3.05) is 0 Å². The molecule has 0 amide bonds. The summed E-state index contributed by atoms with van der Waals surface area (Å²) >= 11 is 5.57. The summed E-state index contributed by atoms with van der Waals surface area (Å²) in [7, 11) is 0.